The van der Waals surface area contributed by atoms with E-state index >= 15 is 0 Å². The summed E-state index contributed by atoms with van der Waals surface area (Å²) in [6.07, 6.45) is 3.57. The molecule has 0 saturated carbocycles. The van der Waals surface area contributed by atoms with Crippen LogP contribution in [-0.4, -0.2) is 65.9 Å². The number of aliphatic carboxylic acids is 1. The summed E-state index contributed by atoms with van der Waals surface area (Å²) in [7, 11) is 0. The van der Waals surface area contributed by atoms with Crippen LogP contribution in [-0.2, 0) is 19.2 Å². The molecule has 31 heavy (non-hydrogen) atoms. The minimum absolute atomic E-state index is 0.138. The van der Waals surface area contributed by atoms with Crippen molar-refractivity contribution in [2.24, 2.45) is 0 Å². The van der Waals surface area contributed by atoms with Crippen LogP contribution in [0.1, 0.15) is 44.9 Å². The molecule has 2 aliphatic heterocycles. The van der Waals surface area contributed by atoms with Crippen LogP contribution in [0.2, 0.25) is 0 Å². The highest BCUT2D eigenvalue weighted by Crippen LogP contribution is 2.21. The summed E-state index contributed by atoms with van der Waals surface area (Å²) in [4.78, 5) is 50.1. The maximum atomic E-state index is 12.3. The van der Waals surface area contributed by atoms with Gasteiger partial charge in [-0.3, -0.25) is 24.5 Å². The van der Waals surface area contributed by atoms with E-state index < -0.39 is 12.0 Å². The molecule has 1 unspecified atom stereocenters. The van der Waals surface area contributed by atoms with Crippen LogP contribution < -0.4 is 15.5 Å². The molecular weight excluding hydrogens is 400 g/mol. The molecule has 1 aromatic carbocycles. The predicted molar refractivity (Wildman–Crippen MR) is 116 cm³/mol. The number of rotatable bonds is 9. The van der Waals surface area contributed by atoms with Crippen molar-refractivity contribution in [2.75, 3.05) is 36.4 Å². The summed E-state index contributed by atoms with van der Waals surface area (Å²) in [6, 6.07) is 7.44. The molecule has 2 fully saturated rings. The monoisotopic (exact) mass is 430 g/mol. The lowest BCUT2D eigenvalue weighted by Gasteiger charge is -2.36. The number of hydrogen-bond acceptors (Lipinski definition) is 6. The Kier molecular flexibility index (Phi) is 7.86. The van der Waals surface area contributed by atoms with Crippen molar-refractivity contribution in [2.45, 2.75) is 51.0 Å². The highest BCUT2D eigenvalue weighted by atomic mass is 16.4. The lowest BCUT2D eigenvalue weighted by Crippen LogP contribution is -2.48. The number of nitrogens with one attached hydrogen (secondary N) is 2. The molecule has 2 heterocycles. The Hall–Kier alpha value is -3.10. The zero-order valence-electron chi connectivity index (χ0n) is 17.6. The number of hydrogen-bond donors (Lipinski definition) is 3. The molecule has 168 valence electrons. The number of carboxylic acids is 1. The number of unbranched alkanes of at least 4 members (excludes halogenated alkanes) is 2. The molecule has 1 atom stereocenters. The quantitative estimate of drug-likeness (QED) is 0.402. The fourth-order valence-electron chi connectivity index (χ4n) is 3.90. The average molecular weight is 431 g/mol. The second kappa shape index (κ2) is 10.8. The van der Waals surface area contributed by atoms with Gasteiger partial charge in [0, 0.05) is 56.8 Å². The van der Waals surface area contributed by atoms with Gasteiger partial charge in [-0.2, -0.15) is 0 Å². The van der Waals surface area contributed by atoms with Gasteiger partial charge in [0.05, 0.1) is 0 Å². The molecule has 0 bridgehead atoms. The van der Waals surface area contributed by atoms with E-state index in [1.54, 1.807) is 0 Å². The molecule has 1 aromatic rings. The van der Waals surface area contributed by atoms with Gasteiger partial charge in [-0.05, 0) is 43.5 Å². The Labute approximate surface area is 181 Å². The summed E-state index contributed by atoms with van der Waals surface area (Å²) < 4.78 is 0. The number of carbonyl (C=O) groups excluding carboxylic acids is 3. The predicted octanol–water partition coefficient (Wildman–Crippen LogP) is 1.59. The van der Waals surface area contributed by atoms with E-state index in [1.165, 1.54) is 0 Å². The topological polar surface area (TPSA) is 119 Å². The van der Waals surface area contributed by atoms with E-state index in [0.29, 0.717) is 38.8 Å². The van der Waals surface area contributed by atoms with Crippen molar-refractivity contribution < 1.29 is 24.3 Å². The van der Waals surface area contributed by atoms with Gasteiger partial charge in [-0.25, -0.2) is 0 Å². The zero-order valence-corrected chi connectivity index (χ0v) is 17.6. The van der Waals surface area contributed by atoms with Gasteiger partial charge in [0.2, 0.25) is 17.7 Å². The van der Waals surface area contributed by atoms with Crippen molar-refractivity contribution in [1.82, 2.24) is 10.2 Å². The highest BCUT2D eigenvalue weighted by Gasteiger charge is 2.26. The molecule has 9 nitrogen and oxygen atoms in total. The van der Waals surface area contributed by atoms with Gasteiger partial charge in [0.1, 0.15) is 6.04 Å². The Morgan fingerprint density at radius 3 is 2.32 bits per heavy atom. The van der Waals surface area contributed by atoms with Gasteiger partial charge in [0.15, 0.2) is 0 Å². The Morgan fingerprint density at radius 2 is 1.68 bits per heavy atom. The van der Waals surface area contributed by atoms with E-state index in [0.717, 1.165) is 37.3 Å². The van der Waals surface area contributed by atoms with Crippen molar-refractivity contribution in [1.29, 1.82) is 0 Å². The number of carbonyl (C=O) groups is 4. The average Bonchev–Trinajstić information content (AvgIpc) is 2.76. The SMILES string of the molecule is O=C(O)CCCCCC(=O)N1CCN(c2ccc(NC3CCC(=O)NC3=O)cc2)CC1. The molecule has 2 saturated heterocycles. The van der Waals surface area contributed by atoms with Crippen LogP contribution in [0.3, 0.4) is 0 Å². The third-order valence-corrected chi connectivity index (χ3v) is 5.73. The van der Waals surface area contributed by atoms with E-state index in [4.69, 9.17) is 5.11 Å². The van der Waals surface area contributed by atoms with E-state index in [1.807, 2.05) is 29.2 Å². The van der Waals surface area contributed by atoms with Crippen molar-refractivity contribution in [3.63, 3.8) is 0 Å². The minimum Gasteiger partial charge on any atom is -0.481 e. The number of anilines is 2. The van der Waals surface area contributed by atoms with Gasteiger partial charge in [-0.1, -0.05) is 6.42 Å². The highest BCUT2D eigenvalue weighted by molar-refractivity contribution is 6.01. The molecule has 3 N–H and O–H groups in total. The maximum Gasteiger partial charge on any atom is 0.303 e. The molecule has 0 aromatic heterocycles. The normalized spacial score (nSPS) is 19.2. The molecule has 9 heteroatoms. The summed E-state index contributed by atoms with van der Waals surface area (Å²) in [6.45, 7) is 2.85. The second-order valence-corrected chi connectivity index (χ2v) is 8.02. The first-order valence-corrected chi connectivity index (χ1v) is 10.9. The van der Waals surface area contributed by atoms with E-state index in [-0.39, 0.29) is 24.1 Å². The number of amides is 3. The third kappa shape index (κ3) is 6.70. The maximum absolute atomic E-state index is 12.3. The molecule has 2 aliphatic rings. The fourth-order valence-corrected chi connectivity index (χ4v) is 3.90. The van der Waals surface area contributed by atoms with Gasteiger partial charge in [-0.15, -0.1) is 0 Å². The van der Waals surface area contributed by atoms with Gasteiger partial charge >= 0.3 is 5.97 Å². The van der Waals surface area contributed by atoms with Crippen LogP contribution in [0.15, 0.2) is 24.3 Å². The van der Waals surface area contributed by atoms with Gasteiger partial charge < -0.3 is 20.2 Å². The molecule has 0 radical (unpaired) electrons. The second-order valence-electron chi connectivity index (χ2n) is 8.02. The van der Waals surface area contributed by atoms with Crippen LogP contribution in [0.25, 0.3) is 0 Å². The molecule has 3 rings (SSSR count). The Morgan fingerprint density at radius 1 is 1.00 bits per heavy atom. The van der Waals surface area contributed by atoms with Crippen LogP contribution in [0.5, 0.6) is 0 Å². The number of benzene rings is 1. The van der Waals surface area contributed by atoms with Crippen molar-refractivity contribution in [3.05, 3.63) is 24.3 Å². The number of nitrogens with zero attached hydrogens (tertiary/aromatic N) is 2. The van der Waals surface area contributed by atoms with Crippen LogP contribution >= 0.6 is 0 Å². The molecular formula is C22H30N4O5. The first kappa shape index (κ1) is 22.6. The molecule has 0 aliphatic carbocycles. The third-order valence-electron chi connectivity index (χ3n) is 5.73. The number of imide groups is 1. The van der Waals surface area contributed by atoms with E-state index in [9.17, 15) is 19.2 Å². The van der Waals surface area contributed by atoms with Crippen molar-refractivity contribution in [3.8, 4) is 0 Å². The van der Waals surface area contributed by atoms with Crippen molar-refractivity contribution >= 4 is 35.1 Å². The Balaban J connectivity index is 1.40. The fraction of sp³-hybridized carbons (Fsp3) is 0.545. The largest absolute Gasteiger partial charge is 0.481 e. The first-order valence-electron chi connectivity index (χ1n) is 10.9. The Bertz CT molecular complexity index is 803. The smallest absolute Gasteiger partial charge is 0.303 e. The first-order chi connectivity index (χ1) is 14.9. The lowest BCUT2D eigenvalue weighted by molar-refractivity contribution is -0.137. The van der Waals surface area contributed by atoms with Gasteiger partial charge in [0.25, 0.3) is 0 Å². The standard InChI is InChI=1S/C22H30N4O5/c27-19-11-10-18(22(31)24-19)23-16-6-8-17(9-7-16)25-12-14-26(15-13-25)20(28)4-2-1-3-5-21(29)30/h6-9,18,23H,1-5,10-15H2,(H,29,30)(H,24,27,31). The zero-order chi connectivity index (χ0) is 22.2. The minimum atomic E-state index is -0.790. The summed E-state index contributed by atoms with van der Waals surface area (Å²) in [5.74, 6) is -1.17. The summed E-state index contributed by atoms with van der Waals surface area (Å²) in [5.41, 5.74) is 1.89. The number of piperidine rings is 1. The lowest BCUT2D eigenvalue weighted by atomic mass is 10.1. The molecule has 0 spiro atoms. The van der Waals surface area contributed by atoms with Crippen LogP contribution in [0, 0.1) is 0 Å². The summed E-state index contributed by atoms with van der Waals surface area (Å²) >= 11 is 0. The number of piperazine rings is 1. The summed E-state index contributed by atoms with van der Waals surface area (Å²) in [5, 5.41) is 14.2. The number of carboxylic acid groups (broad SMARTS) is 1. The van der Waals surface area contributed by atoms with E-state index in [2.05, 4.69) is 15.5 Å². The van der Waals surface area contributed by atoms with Crippen LogP contribution in [0.4, 0.5) is 11.4 Å². The molecule has 3 amide bonds.